The van der Waals surface area contributed by atoms with E-state index in [1.165, 1.54) is 48.7 Å². The number of benzene rings is 9. The number of rotatable bonds is 5. The highest BCUT2D eigenvalue weighted by molar-refractivity contribution is 6.33. The Hall–Kier alpha value is -6.97. The van der Waals surface area contributed by atoms with E-state index in [9.17, 15) is 0 Å². The van der Waals surface area contributed by atoms with E-state index in [1.54, 1.807) is 0 Å². The largest absolute Gasteiger partial charge is 0.208 e. The minimum atomic E-state index is 0.640. The quantitative estimate of drug-likeness (QED) is 0.172. The molecule has 0 N–H and O–H groups in total. The summed E-state index contributed by atoms with van der Waals surface area (Å²) in [5.41, 5.74) is 7.45. The number of hydrogen-bond donors (Lipinski definition) is 0. The highest BCUT2D eigenvalue weighted by Gasteiger charge is 2.16. The summed E-state index contributed by atoms with van der Waals surface area (Å²) >= 11 is 0. The second-order valence-electron chi connectivity index (χ2n) is 13.2. The normalized spacial score (nSPS) is 11.5. The van der Waals surface area contributed by atoms with Gasteiger partial charge in [-0.15, -0.1) is 0 Å². The maximum atomic E-state index is 5.07. The van der Waals surface area contributed by atoms with Gasteiger partial charge in [-0.3, -0.25) is 0 Å². The molecule has 1 heterocycles. The molecule has 0 bridgehead atoms. The van der Waals surface area contributed by atoms with Gasteiger partial charge in [-0.05, 0) is 77.5 Å². The molecule has 10 aromatic rings. The minimum Gasteiger partial charge on any atom is -0.208 e. The lowest BCUT2D eigenvalue weighted by Gasteiger charge is -2.16. The van der Waals surface area contributed by atoms with Gasteiger partial charge in [0.1, 0.15) is 0 Å². The first kappa shape index (κ1) is 29.9. The molecule has 0 aliphatic rings. The molecule has 52 heavy (non-hydrogen) atoms. The van der Waals surface area contributed by atoms with Crippen molar-refractivity contribution in [3.63, 3.8) is 0 Å². The number of aromatic nitrogens is 3. The smallest absolute Gasteiger partial charge is 0.164 e. The Morgan fingerprint density at radius 1 is 0.231 bits per heavy atom. The van der Waals surface area contributed by atoms with Crippen LogP contribution in [-0.2, 0) is 0 Å². The molecule has 3 heteroatoms. The molecule has 3 nitrogen and oxygen atoms in total. The summed E-state index contributed by atoms with van der Waals surface area (Å²) in [6.45, 7) is 0. The molecular formula is C49H31N3. The van der Waals surface area contributed by atoms with Gasteiger partial charge in [-0.25, -0.2) is 15.0 Å². The van der Waals surface area contributed by atoms with Crippen molar-refractivity contribution in [2.45, 2.75) is 0 Å². The fourth-order valence-corrected chi connectivity index (χ4v) is 7.62. The van der Waals surface area contributed by atoms with Crippen LogP contribution in [-0.4, -0.2) is 15.0 Å². The Bertz CT molecular complexity index is 2930. The van der Waals surface area contributed by atoms with Crippen LogP contribution < -0.4 is 0 Å². The van der Waals surface area contributed by atoms with Crippen molar-refractivity contribution in [3.05, 3.63) is 188 Å². The lowest BCUT2D eigenvalue weighted by atomic mass is 9.87. The third-order valence-corrected chi connectivity index (χ3v) is 10.1. The number of fused-ring (bicyclic) bond motifs is 8. The van der Waals surface area contributed by atoms with Crippen LogP contribution in [0.2, 0.25) is 0 Å². The van der Waals surface area contributed by atoms with Crippen molar-refractivity contribution in [2.24, 2.45) is 0 Å². The monoisotopic (exact) mass is 661 g/mol. The van der Waals surface area contributed by atoms with Crippen LogP contribution >= 0.6 is 0 Å². The topological polar surface area (TPSA) is 38.7 Å². The van der Waals surface area contributed by atoms with Crippen LogP contribution in [0.15, 0.2) is 188 Å². The van der Waals surface area contributed by atoms with E-state index in [0.717, 1.165) is 33.4 Å². The Morgan fingerprint density at radius 2 is 0.635 bits per heavy atom. The van der Waals surface area contributed by atoms with E-state index in [2.05, 4.69) is 152 Å². The molecule has 0 saturated carbocycles. The summed E-state index contributed by atoms with van der Waals surface area (Å²) in [7, 11) is 0. The molecule has 0 aliphatic carbocycles. The highest BCUT2D eigenvalue weighted by Crippen LogP contribution is 2.43. The Morgan fingerprint density at radius 3 is 1.27 bits per heavy atom. The van der Waals surface area contributed by atoms with Crippen molar-refractivity contribution in [3.8, 4) is 56.4 Å². The van der Waals surface area contributed by atoms with Gasteiger partial charge in [0.15, 0.2) is 17.5 Å². The van der Waals surface area contributed by atoms with E-state index in [-0.39, 0.29) is 0 Å². The molecule has 0 saturated heterocycles. The maximum Gasteiger partial charge on any atom is 0.164 e. The fraction of sp³-hybridized carbons (Fsp3) is 0. The van der Waals surface area contributed by atoms with E-state index >= 15 is 0 Å². The van der Waals surface area contributed by atoms with Crippen molar-refractivity contribution >= 4 is 43.1 Å². The van der Waals surface area contributed by atoms with Crippen molar-refractivity contribution in [1.82, 2.24) is 15.0 Å². The lowest BCUT2D eigenvalue weighted by Crippen LogP contribution is -2.00. The molecule has 0 aliphatic heterocycles. The van der Waals surface area contributed by atoms with E-state index < -0.39 is 0 Å². The summed E-state index contributed by atoms with van der Waals surface area (Å²) < 4.78 is 0. The second-order valence-corrected chi connectivity index (χ2v) is 13.2. The SMILES string of the molecule is c1ccc(-c2cccc(-c3nc(-c4ccccc4)nc(-c4ccc(-c5cc6c7ccccc7c7ccccc7c6c6ccccc56)cc4)n3)c2)cc1. The van der Waals surface area contributed by atoms with Gasteiger partial charge in [0.05, 0.1) is 0 Å². The molecule has 0 spiro atoms. The molecule has 242 valence electrons. The van der Waals surface area contributed by atoms with Crippen molar-refractivity contribution in [2.75, 3.05) is 0 Å². The number of hydrogen-bond acceptors (Lipinski definition) is 3. The van der Waals surface area contributed by atoms with Crippen molar-refractivity contribution < 1.29 is 0 Å². The van der Waals surface area contributed by atoms with Gasteiger partial charge in [0, 0.05) is 16.7 Å². The molecule has 0 fully saturated rings. The average Bonchev–Trinajstić information content (AvgIpc) is 3.24. The van der Waals surface area contributed by atoms with Crippen LogP contribution in [0.5, 0.6) is 0 Å². The van der Waals surface area contributed by atoms with E-state index in [1.807, 2.05) is 36.4 Å². The third kappa shape index (κ3) is 5.10. The van der Waals surface area contributed by atoms with Crippen LogP contribution in [0.1, 0.15) is 0 Å². The van der Waals surface area contributed by atoms with E-state index in [4.69, 9.17) is 15.0 Å². The summed E-state index contributed by atoms with van der Waals surface area (Å²) in [5.74, 6) is 1.93. The van der Waals surface area contributed by atoms with Gasteiger partial charge in [-0.1, -0.05) is 176 Å². The van der Waals surface area contributed by atoms with Crippen LogP contribution in [0, 0.1) is 0 Å². The maximum absolute atomic E-state index is 5.07. The lowest BCUT2D eigenvalue weighted by molar-refractivity contribution is 1.07. The zero-order valence-electron chi connectivity index (χ0n) is 28.2. The predicted molar refractivity (Wildman–Crippen MR) is 217 cm³/mol. The predicted octanol–water partition coefficient (Wildman–Crippen LogP) is 12.8. The highest BCUT2D eigenvalue weighted by atomic mass is 15.0. The van der Waals surface area contributed by atoms with Gasteiger partial charge in [0.25, 0.3) is 0 Å². The first-order chi connectivity index (χ1) is 25.8. The molecular weight excluding hydrogens is 631 g/mol. The van der Waals surface area contributed by atoms with Gasteiger partial charge in [-0.2, -0.15) is 0 Å². The zero-order valence-corrected chi connectivity index (χ0v) is 28.2. The van der Waals surface area contributed by atoms with Gasteiger partial charge < -0.3 is 0 Å². The second kappa shape index (κ2) is 12.4. The zero-order chi connectivity index (χ0) is 34.4. The summed E-state index contributed by atoms with van der Waals surface area (Å²) in [5, 5.41) is 10.2. The molecule has 0 amide bonds. The number of nitrogens with zero attached hydrogens (tertiary/aromatic N) is 3. The van der Waals surface area contributed by atoms with Crippen molar-refractivity contribution in [1.29, 1.82) is 0 Å². The standard InChI is InChI=1S/C49H31N3/c1-3-14-32(15-4-1)36-18-13-19-37(30-36)49-51-47(34-16-5-2-6-17-34)50-48(52-49)35-28-26-33(27-29-35)44-31-45-40-22-8-7-20-38(40)39-21-9-11-24-42(39)46(45)43-25-12-10-23-41(43)44/h1-31H. The summed E-state index contributed by atoms with van der Waals surface area (Å²) in [6.07, 6.45) is 0. The van der Waals surface area contributed by atoms with Crippen LogP contribution in [0.4, 0.5) is 0 Å². The third-order valence-electron chi connectivity index (χ3n) is 10.1. The molecule has 1 aromatic heterocycles. The fourth-order valence-electron chi connectivity index (χ4n) is 7.62. The van der Waals surface area contributed by atoms with Crippen LogP contribution in [0.25, 0.3) is 99.5 Å². The van der Waals surface area contributed by atoms with Gasteiger partial charge >= 0.3 is 0 Å². The summed E-state index contributed by atoms with van der Waals surface area (Å²) in [4.78, 5) is 15.1. The first-order valence-corrected chi connectivity index (χ1v) is 17.6. The van der Waals surface area contributed by atoms with Gasteiger partial charge in [0.2, 0.25) is 0 Å². The molecule has 0 radical (unpaired) electrons. The Balaban J connectivity index is 1.13. The Labute approximate surface area is 301 Å². The molecule has 0 unspecified atom stereocenters. The Kier molecular flexibility index (Phi) is 7.14. The minimum absolute atomic E-state index is 0.640. The first-order valence-electron chi connectivity index (χ1n) is 17.6. The molecule has 10 rings (SSSR count). The average molecular weight is 662 g/mol. The molecule has 0 atom stereocenters. The molecule has 9 aromatic carbocycles. The van der Waals surface area contributed by atoms with Crippen LogP contribution in [0.3, 0.4) is 0 Å². The summed E-state index contributed by atoms with van der Waals surface area (Å²) in [6, 6.07) is 66.4. The van der Waals surface area contributed by atoms with E-state index in [0.29, 0.717) is 17.5 Å².